The summed E-state index contributed by atoms with van der Waals surface area (Å²) in [5, 5.41) is 3.60. The fourth-order valence-electron chi connectivity index (χ4n) is 4.15. The van der Waals surface area contributed by atoms with Crippen molar-refractivity contribution >= 4 is 5.96 Å². The molecule has 2 fully saturated rings. The van der Waals surface area contributed by atoms with Gasteiger partial charge >= 0.3 is 0 Å². The van der Waals surface area contributed by atoms with Crippen molar-refractivity contribution in [1.82, 2.24) is 15.1 Å². The molecule has 1 N–H and O–H groups in total. The number of ether oxygens (including phenoxy) is 2. The maximum absolute atomic E-state index is 5.98. The molecule has 7 heteroatoms. The van der Waals surface area contributed by atoms with Gasteiger partial charge < -0.3 is 24.1 Å². The lowest BCUT2D eigenvalue weighted by Gasteiger charge is -2.35. The molecule has 1 aromatic heterocycles. The average molecular weight is 393 g/mol. The predicted octanol–water partition coefficient (Wildman–Crippen LogP) is 2.51. The Morgan fingerprint density at radius 3 is 2.68 bits per heavy atom. The Labute approximate surface area is 169 Å². The summed E-state index contributed by atoms with van der Waals surface area (Å²) in [6.45, 7) is 6.59. The van der Waals surface area contributed by atoms with Crippen molar-refractivity contribution in [3.05, 3.63) is 24.2 Å². The highest BCUT2D eigenvalue weighted by molar-refractivity contribution is 5.80. The van der Waals surface area contributed by atoms with Crippen molar-refractivity contribution < 1.29 is 13.9 Å². The quantitative estimate of drug-likeness (QED) is 0.396. The van der Waals surface area contributed by atoms with E-state index >= 15 is 0 Å². The average Bonchev–Trinajstić information content (AvgIpc) is 3.44. The van der Waals surface area contributed by atoms with E-state index < -0.39 is 0 Å². The highest BCUT2D eigenvalue weighted by Gasteiger charge is 2.27. The molecule has 1 unspecified atom stereocenters. The van der Waals surface area contributed by atoms with Crippen LogP contribution in [-0.2, 0) is 9.47 Å². The minimum atomic E-state index is 0.260. The van der Waals surface area contributed by atoms with Gasteiger partial charge in [-0.2, -0.15) is 0 Å². The molecule has 158 valence electrons. The van der Waals surface area contributed by atoms with Crippen LogP contribution in [0.5, 0.6) is 0 Å². The van der Waals surface area contributed by atoms with Crippen LogP contribution in [0.25, 0.3) is 0 Å². The van der Waals surface area contributed by atoms with E-state index in [1.807, 2.05) is 13.1 Å². The van der Waals surface area contributed by atoms with E-state index in [1.54, 1.807) is 13.4 Å². The fourth-order valence-corrected chi connectivity index (χ4v) is 4.15. The van der Waals surface area contributed by atoms with Crippen LogP contribution in [0.1, 0.15) is 43.9 Å². The molecule has 3 heterocycles. The number of guanidine groups is 1. The van der Waals surface area contributed by atoms with Gasteiger partial charge in [-0.15, -0.1) is 0 Å². The molecule has 0 aliphatic carbocycles. The fraction of sp³-hybridized carbons (Fsp3) is 0.762. The molecule has 0 radical (unpaired) electrons. The molecule has 2 aliphatic rings. The zero-order valence-electron chi connectivity index (χ0n) is 17.4. The molecule has 1 atom stereocenters. The molecule has 0 bridgehead atoms. The second kappa shape index (κ2) is 11.4. The van der Waals surface area contributed by atoms with Crippen molar-refractivity contribution in [2.24, 2.45) is 4.99 Å². The van der Waals surface area contributed by atoms with Crippen LogP contribution in [0.2, 0.25) is 0 Å². The maximum atomic E-state index is 5.98. The van der Waals surface area contributed by atoms with E-state index in [4.69, 9.17) is 13.9 Å². The third-order valence-corrected chi connectivity index (χ3v) is 5.71. The minimum absolute atomic E-state index is 0.260. The predicted molar refractivity (Wildman–Crippen MR) is 111 cm³/mol. The summed E-state index contributed by atoms with van der Waals surface area (Å²) in [5.74, 6) is 2.02. The van der Waals surface area contributed by atoms with Gasteiger partial charge in [0.05, 0.1) is 18.4 Å². The Hall–Kier alpha value is -1.57. The van der Waals surface area contributed by atoms with Crippen LogP contribution in [0.4, 0.5) is 0 Å². The third-order valence-electron chi connectivity index (χ3n) is 5.71. The summed E-state index contributed by atoms with van der Waals surface area (Å²) in [6.07, 6.45) is 7.71. The first kappa shape index (κ1) is 21.1. The van der Waals surface area contributed by atoms with Crippen LogP contribution in [0.15, 0.2) is 27.8 Å². The third kappa shape index (κ3) is 5.96. The Balaban J connectivity index is 1.46. The second-order valence-corrected chi connectivity index (χ2v) is 7.61. The molecule has 0 spiro atoms. The van der Waals surface area contributed by atoms with E-state index in [0.29, 0.717) is 6.10 Å². The first-order chi connectivity index (χ1) is 13.8. The van der Waals surface area contributed by atoms with Crippen LogP contribution in [0.3, 0.4) is 0 Å². The standard InChI is InChI=1S/C21H36N4O3/c1-22-21(25-12-8-18(9-13-25)27-16-6-14-26-2)23-17-19(20-7-5-15-28-20)24-10-3-4-11-24/h5,7,15,18-19H,3-4,6,8-14,16-17H2,1-2H3,(H,22,23). The number of aliphatic imine (C=N–C) groups is 1. The number of nitrogens with zero attached hydrogens (tertiary/aromatic N) is 3. The number of hydrogen-bond donors (Lipinski definition) is 1. The number of likely N-dealkylation sites (tertiary alicyclic amines) is 2. The zero-order valence-corrected chi connectivity index (χ0v) is 17.4. The Bertz CT molecular complexity index is 564. The summed E-state index contributed by atoms with van der Waals surface area (Å²) in [5.41, 5.74) is 0. The lowest BCUT2D eigenvalue weighted by atomic mass is 10.1. The van der Waals surface area contributed by atoms with Crippen molar-refractivity contribution in [1.29, 1.82) is 0 Å². The van der Waals surface area contributed by atoms with E-state index in [-0.39, 0.29) is 6.04 Å². The molecule has 0 amide bonds. The van der Waals surface area contributed by atoms with E-state index in [1.165, 1.54) is 12.8 Å². The summed E-state index contributed by atoms with van der Waals surface area (Å²) in [6, 6.07) is 4.32. The van der Waals surface area contributed by atoms with Crippen molar-refractivity contribution in [2.75, 3.05) is 60.1 Å². The summed E-state index contributed by atoms with van der Waals surface area (Å²) >= 11 is 0. The number of nitrogens with one attached hydrogen (secondary N) is 1. The molecule has 2 saturated heterocycles. The van der Waals surface area contributed by atoms with Gasteiger partial charge in [0.15, 0.2) is 5.96 Å². The molecule has 1 aromatic rings. The number of rotatable bonds is 9. The summed E-state index contributed by atoms with van der Waals surface area (Å²) < 4.78 is 16.8. The number of methoxy groups -OCH3 is 1. The highest BCUT2D eigenvalue weighted by atomic mass is 16.5. The molecule has 28 heavy (non-hydrogen) atoms. The summed E-state index contributed by atoms with van der Waals surface area (Å²) in [7, 11) is 3.60. The first-order valence-electron chi connectivity index (χ1n) is 10.7. The second-order valence-electron chi connectivity index (χ2n) is 7.61. The van der Waals surface area contributed by atoms with Gasteiger partial charge in [-0.3, -0.25) is 9.89 Å². The van der Waals surface area contributed by atoms with Crippen LogP contribution >= 0.6 is 0 Å². The van der Waals surface area contributed by atoms with Crippen LogP contribution in [0, 0.1) is 0 Å². The monoisotopic (exact) mass is 392 g/mol. The van der Waals surface area contributed by atoms with Crippen molar-refractivity contribution in [2.45, 2.75) is 44.2 Å². The van der Waals surface area contributed by atoms with Gasteiger partial charge in [-0.25, -0.2) is 0 Å². The number of piperidine rings is 1. The Morgan fingerprint density at radius 1 is 1.25 bits per heavy atom. The Kier molecular flexibility index (Phi) is 8.64. The molecular formula is C21H36N4O3. The van der Waals surface area contributed by atoms with E-state index in [9.17, 15) is 0 Å². The van der Waals surface area contributed by atoms with Crippen LogP contribution < -0.4 is 5.32 Å². The highest BCUT2D eigenvalue weighted by Crippen LogP contribution is 2.25. The van der Waals surface area contributed by atoms with Gasteiger partial charge in [0, 0.05) is 47.0 Å². The number of hydrogen-bond acceptors (Lipinski definition) is 5. The minimum Gasteiger partial charge on any atom is -0.468 e. The Morgan fingerprint density at radius 2 is 2.04 bits per heavy atom. The normalized spacial score (nSPS) is 20.6. The lowest BCUT2D eigenvalue weighted by molar-refractivity contribution is 0.00985. The maximum Gasteiger partial charge on any atom is 0.193 e. The van der Waals surface area contributed by atoms with Crippen molar-refractivity contribution in [3.8, 4) is 0 Å². The van der Waals surface area contributed by atoms with Gasteiger partial charge in [0.2, 0.25) is 0 Å². The van der Waals surface area contributed by atoms with Gasteiger partial charge in [0.1, 0.15) is 5.76 Å². The molecule has 2 aliphatic heterocycles. The molecule has 3 rings (SSSR count). The van der Waals surface area contributed by atoms with E-state index in [0.717, 1.165) is 76.9 Å². The molecule has 0 aromatic carbocycles. The smallest absolute Gasteiger partial charge is 0.193 e. The molecule has 0 saturated carbocycles. The molecule has 7 nitrogen and oxygen atoms in total. The lowest BCUT2D eigenvalue weighted by Crippen LogP contribution is -2.49. The van der Waals surface area contributed by atoms with Crippen molar-refractivity contribution in [3.63, 3.8) is 0 Å². The topological polar surface area (TPSA) is 62.5 Å². The molecular weight excluding hydrogens is 356 g/mol. The van der Waals surface area contributed by atoms with Gasteiger partial charge in [-0.05, 0) is 57.3 Å². The van der Waals surface area contributed by atoms with E-state index in [2.05, 4.69) is 26.2 Å². The number of furan rings is 1. The largest absolute Gasteiger partial charge is 0.468 e. The SMILES string of the molecule is CN=C(NCC(c1ccco1)N1CCCC1)N1CCC(OCCCOC)CC1. The summed E-state index contributed by atoms with van der Waals surface area (Å²) in [4.78, 5) is 9.39. The van der Waals surface area contributed by atoms with Crippen LogP contribution in [-0.4, -0.2) is 82.0 Å². The first-order valence-corrected chi connectivity index (χ1v) is 10.7. The van der Waals surface area contributed by atoms with Gasteiger partial charge in [-0.1, -0.05) is 0 Å². The zero-order chi connectivity index (χ0) is 19.6. The van der Waals surface area contributed by atoms with Gasteiger partial charge in [0.25, 0.3) is 0 Å².